The molecule has 0 saturated carbocycles. The molecule has 0 spiro atoms. The Kier molecular flexibility index (Phi) is 4.68. The minimum Gasteiger partial charge on any atom is -0.354 e. The second-order valence-electron chi connectivity index (χ2n) is 9.16. The van der Waals surface area contributed by atoms with Crippen molar-refractivity contribution in [2.75, 3.05) is 31.1 Å². The zero-order valence-corrected chi connectivity index (χ0v) is 16.9. The van der Waals surface area contributed by atoms with Gasteiger partial charge in [0.25, 0.3) is 0 Å². The molecule has 0 bridgehead atoms. The van der Waals surface area contributed by atoms with Crippen molar-refractivity contribution in [3.8, 4) is 5.82 Å². The highest BCUT2D eigenvalue weighted by molar-refractivity contribution is 5.43. The van der Waals surface area contributed by atoms with Gasteiger partial charge in [0.15, 0.2) is 5.82 Å². The SMILES string of the molecule is CC1(C)CC(N2CCN(c3cc(-n4cccn4)ncn3)CC2)CC(C)(C)N1. The summed E-state index contributed by atoms with van der Waals surface area (Å²) >= 11 is 0. The van der Waals surface area contributed by atoms with Crippen LogP contribution in [0.25, 0.3) is 5.82 Å². The summed E-state index contributed by atoms with van der Waals surface area (Å²) < 4.78 is 1.78. The third kappa shape index (κ3) is 4.14. The first-order valence-corrected chi connectivity index (χ1v) is 9.92. The number of anilines is 1. The maximum absolute atomic E-state index is 4.50. The summed E-state index contributed by atoms with van der Waals surface area (Å²) in [5.41, 5.74) is 0.379. The summed E-state index contributed by atoms with van der Waals surface area (Å²) in [5, 5.41) is 8.06. The van der Waals surface area contributed by atoms with Crippen LogP contribution in [0.4, 0.5) is 5.82 Å². The van der Waals surface area contributed by atoms with E-state index in [1.165, 1.54) is 12.8 Å². The summed E-state index contributed by atoms with van der Waals surface area (Å²) in [6.45, 7) is 13.5. The number of nitrogens with one attached hydrogen (secondary N) is 1. The molecular formula is C20H31N7. The predicted molar refractivity (Wildman–Crippen MR) is 107 cm³/mol. The highest BCUT2D eigenvalue weighted by atomic mass is 15.3. The molecule has 7 nitrogen and oxygen atoms in total. The van der Waals surface area contributed by atoms with Crippen molar-refractivity contribution < 1.29 is 0 Å². The fourth-order valence-corrected chi connectivity index (χ4v) is 4.88. The van der Waals surface area contributed by atoms with Crippen LogP contribution >= 0.6 is 0 Å². The van der Waals surface area contributed by atoms with Crippen molar-refractivity contribution >= 4 is 5.82 Å². The summed E-state index contributed by atoms with van der Waals surface area (Å²) in [7, 11) is 0. The first-order chi connectivity index (χ1) is 12.8. The Hall–Kier alpha value is -1.99. The van der Waals surface area contributed by atoms with Crippen LogP contribution in [0.2, 0.25) is 0 Å². The van der Waals surface area contributed by atoms with Crippen LogP contribution in [0.1, 0.15) is 40.5 Å². The van der Waals surface area contributed by atoms with E-state index in [0.717, 1.165) is 37.8 Å². The highest BCUT2D eigenvalue weighted by Crippen LogP contribution is 2.32. The number of piperidine rings is 1. The van der Waals surface area contributed by atoms with Gasteiger partial charge in [-0.1, -0.05) is 0 Å². The van der Waals surface area contributed by atoms with Gasteiger partial charge in [-0.25, -0.2) is 14.6 Å². The zero-order valence-electron chi connectivity index (χ0n) is 16.9. The Bertz CT molecular complexity index is 744. The Balaban J connectivity index is 1.41. The van der Waals surface area contributed by atoms with Gasteiger partial charge in [-0.05, 0) is 46.6 Å². The van der Waals surface area contributed by atoms with Crippen molar-refractivity contribution in [1.82, 2.24) is 30.0 Å². The van der Waals surface area contributed by atoms with Crippen LogP contribution in [0.15, 0.2) is 30.9 Å². The first kappa shape index (κ1) is 18.4. The van der Waals surface area contributed by atoms with Crippen molar-refractivity contribution in [3.63, 3.8) is 0 Å². The largest absolute Gasteiger partial charge is 0.354 e. The molecular weight excluding hydrogens is 338 g/mol. The lowest BCUT2D eigenvalue weighted by Gasteiger charge is -2.51. The lowest BCUT2D eigenvalue weighted by atomic mass is 9.79. The van der Waals surface area contributed by atoms with E-state index < -0.39 is 0 Å². The minimum atomic E-state index is 0.189. The quantitative estimate of drug-likeness (QED) is 0.894. The molecule has 4 rings (SSSR count). The average molecular weight is 370 g/mol. The van der Waals surface area contributed by atoms with E-state index in [0.29, 0.717) is 6.04 Å². The number of rotatable bonds is 3. The van der Waals surface area contributed by atoms with E-state index in [9.17, 15) is 0 Å². The number of nitrogens with zero attached hydrogens (tertiary/aromatic N) is 6. The smallest absolute Gasteiger partial charge is 0.158 e. The zero-order chi connectivity index (χ0) is 19.1. The number of hydrogen-bond donors (Lipinski definition) is 1. The van der Waals surface area contributed by atoms with Crippen LogP contribution in [-0.4, -0.2) is 67.9 Å². The molecule has 0 amide bonds. The van der Waals surface area contributed by atoms with Gasteiger partial charge in [-0.2, -0.15) is 5.10 Å². The number of hydrogen-bond acceptors (Lipinski definition) is 6. The molecule has 0 radical (unpaired) electrons. The van der Waals surface area contributed by atoms with Crippen LogP contribution in [-0.2, 0) is 0 Å². The molecule has 146 valence electrons. The average Bonchev–Trinajstić information content (AvgIpc) is 3.14. The first-order valence-electron chi connectivity index (χ1n) is 9.92. The predicted octanol–water partition coefficient (Wildman–Crippen LogP) is 2.09. The van der Waals surface area contributed by atoms with E-state index in [2.05, 4.69) is 57.9 Å². The molecule has 2 saturated heterocycles. The van der Waals surface area contributed by atoms with Gasteiger partial charge in [0.1, 0.15) is 12.1 Å². The fourth-order valence-electron chi connectivity index (χ4n) is 4.88. The van der Waals surface area contributed by atoms with Gasteiger partial charge in [-0.3, -0.25) is 4.90 Å². The number of piperazine rings is 1. The molecule has 0 unspecified atom stereocenters. The van der Waals surface area contributed by atoms with E-state index in [1.807, 2.05) is 18.3 Å². The van der Waals surface area contributed by atoms with Crippen LogP contribution in [0.3, 0.4) is 0 Å². The van der Waals surface area contributed by atoms with Gasteiger partial charge in [-0.15, -0.1) is 0 Å². The topological polar surface area (TPSA) is 62.1 Å². The van der Waals surface area contributed by atoms with Crippen LogP contribution in [0.5, 0.6) is 0 Å². The van der Waals surface area contributed by atoms with Crippen molar-refractivity contribution in [3.05, 3.63) is 30.9 Å². The molecule has 7 heteroatoms. The van der Waals surface area contributed by atoms with E-state index in [4.69, 9.17) is 0 Å². The maximum atomic E-state index is 4.50. The standard InChI is InChI=1S/C20H31N7/c1-19(2)13-16(14-20(3,4)24-19)25-8-10-26(11-9-25)17-12-18(22-15-21-17)27-7-5-6-23-27/h5-7,12,15-16,24H,8-11,13-14H2,1-4H3. The molecule has 0 atom stereocenters. The molecule has 2 aromatic rings. The maximum Gasteiger partial charge on any atom is 0.158 e. The molecule has 2 aromatic heterocycles. The van der Waals surface area contributed by atoms with E-state index in [-0.39, 0.29) is 11.1 Å². The lowest BCUT2D eigenvalue weighted by Crippen LogP contribution is -2.64. The Morgan fingerprint density at radius 2 is 1.63 bits per heavy atom. The third-order valence-electron chi connectivity index (χ3n) is 5.70. The minimum absolute atomic E-state index is 0.189. The van der Waals surface area contributed by atoms with Crippen LogP contribution < -0.4 is 10.2 Å². The summed E-state index contributed by atoms with van der Waals surface area (Å²) in [6.07, 6.45) is 7.71. The second kappa shape index (κ2) is 6.87. The molecule has 2 aliphatic rings. The van der Waals surface area contributed by atoms with E-state index in [1.54, 1.807) is 17.2 Å². The van der Waals surface area contributed by atoms with Gasteiger partial charge in [0.2, 0.25) is 0 Å². The normalized spacial score (nSPS) is 23.5. The molecule has 0 aromatic carbocycles. The Morgan fingerprint density at radius 3 is 2.26 bits per heavy atom. The lowest BCUT2D eigenvalue weighted by molar-refractivity contribution is 0.0626. The number of aromatic nitrogens is 4. The van der Waals surface area contributed by atoms with Gasteiger partial charge < -0.3 is 10.2 Å². The summed E-state index contributed by atoms with van der Waals surface area (Å²) in [6, 6.07) is 4.57. The van der Waals surface area contributed by atoms with Crippen molar-refractivity contribution in [2.45, 2.75) is 57.7 Å². The Labute approximate surface area is 161 Å². The molecule has 0 aliphatic carbocycles. The molecule has 4 heterocycles. The van der Waals surface area contributed by atoms with E-state index >= 15 is 0 Å². The fraction of sp³-hybridized carbons (Fsp3) is 0.650. The van der Waals surface area contributed by atoms with Crippen LogP contribution in [0, 0.1) is 0 Å². The summed E-state index contributed by atoms with van der Waals surface area (Å²) in [4.78, 5) is 13.9. The molecule has 1 N–H and O–H groups in total. The van der Waals surface area contributed by atoms with Crippen molar-refractivity contribution in [2.24, 2.45) is 0 Å². The van der Waals surface area contributed by atoms with Gasteiger partial charge in [0.05, 0.1) is 0 Å². The summed E-state index contributed by atoms with van der Waals surface area (Å²) in [5.74, 6) is 1.80. The van der Waals surface area contributed by atoms with Gasteiger partial charge in [0, 0.05) is 61.8 Å². The Morgan fingerprint density at radius 1 is 0.963 bits per heavy atom. The van der Waals surface area contributed by atoms with Gasteiger partial charge >= 0.3 is 0 Å². The monoisotopic (exact) mass is 369 g/mol. The second-order valence-corrected chi connectivity index (χ2v) is 9.16. The highest BCUT2D eigenvalue weighted by Gasteiger charge is 2.40. The molecule has 2 fully saturated rings. The molecule has 27 heavy (non-hydrogen) atoms. The van der Waals surface area contributed by atoms with Crippen molar-refractivity contribution in [1.29, 1.82) is 0 Å². The molecule has 2 aliphatic heterocycles. The third-order valence-corrected chi connectivity index (χ3v) is 5.70.